The van der Waals surface area contributed by atoms with E-state index in [4.69, 9.17) is 21.7 Å². The molecule has 0 saturated carbocycles. The first-order valence-electron chi connectivity index (χ1n) is 7.85. The van der Waals surface area contributed by atoms with Crippen molar-refractivity contribution in [1.82, 2.24) is 5.32 Å². The van der Waals surface area contributed by atoms with Gasteiger partial charge in [0.15, 0.2) is 10.9 Å². The van der Waals surface area contributed by atoms with E-state index in [0.29, 0.717) is 10.7 Å². The van der Waals surface area contributed by atoms with E-state index in [2.05, 4.69) is 10.6 Å². The third kappa shape index (κ3) is 4.93. The van der Waals surface area contributed by atoms with Crippen molar-refractivity contribution < 1.29 is 14.3 Å². The quantitative estimate of drug-likeness (QED) is 0.602. The largest absolute Gasteiger partial charge is 0.497 e. The summed E-state index contributed by atoms with van der Waals surface area (Å²) in [6.07, 6.45) is 0. The van der Waals surface area contributed by atoms with Crippen molar-refractivity contribution in [1.29, 1.82) is 0 Å². The molecule has 0 fully saturated rings. The summed E-state index contributed by atoms with van der Waals surface area (Å²) in [5, 5.41) is 6.78. The molecule has 132 valence electrons. The molecule has 1 unspecified atom stereocenters. The average Bonchev–Trinajstić information content (AvgIpc) is 2.61. The molecule has 5 nitrogen and oxygen atoms in total. The van der Waals surface area contributed by atoms with Crippen LogP contribution in [0, 0.1) is 0 Å². The minimum atomic E-state index is -0.0963. The molecule has 2 aromatic rings. The van der Waals surface area contributed by atoms with Crippen LogP contribution in [0.25, 0.3) is 0 Å². The maximum atomic E-state index is 11.5. The molecule has 2 aromatic carbocycles. The Morgan fingerprint density at radius 2 is 1.88 bits per heavy atom. The highest BCUT2D eigenvalue weighted by atomic mass is 32.1. The van der Waals surface area contributed by atoms with Gasteiger partial charge in [-0.05, 0) is 56.4 Å². The molecule has 6 heteroatoms. The lowest BCUT2D eigenvalue weighted by atomic mass is 10.1. The molecule has 0 spiro atoms. The summed E-state index contributed by atoms with van der Waals surface area (Å²) in [6.45, 7) is 3.52. The normalized spacial score (nSPS) is 11.4. The molecule has 25 heavy (non-hydrogen) atoms. The fourth-order valence-corrected chi connectivity index (χ4v) is 2.73. The summed E-state index contributed by atoms with van der Waals surface area (Å²) in [5.74, 6) is 1.51. The summed E-state index contributed by atoms with van der Waals surface area (Å²) < 4.78 is 10.7. The van der Waals surface area contributed by atoms with Gasteiger partial charge in [0, 0.05) is 16.8 Å². The topological polar surface area (TPSA) is 59.6 Å². The molecule has 0 amide bonds. The number of methoxy groups -OCH3 is 2. The van der Waals surface area contributed by atoms with Crippen molar-refractivity contribution in [3.05, 3.63) is 53.6 Å². The number of hydrogen-bond acceptors (Lipinski definition) is 4. The Labute approximate surface area is 153 Å². The highest BCUT2D eigenvalue weighted by Crippen LogP contribution is 2.29. The fraction of sp³-hybridized carbons (Fsp3) is 0.263. The van der Waals surface area contributed by atoms with Gasteiger partial charge < -0.3 is 20.1 Å². The van der Waals surface area contributed by atoms with E-state index in [1.54, 1.807) is 26.4 Å². The Kier molecular flexibility index (Phi) is 6.36. The molecule has 0 aliphatic rings. The lowest BCUT2D eigenvalue weighted by Gasteiger charge is -2.20. The Bertz CT molecular complexity index is 777. The van der Waals surface area contributed by atoms with Crippen LogP contribution >= 0.6 is 12.2 Å². The van der Waals surface area contributed by atoms with E-state index in [0.717, 1.165) is 22.7 Å². The van der Waals surface area contributed by atoms with Crippen molar-refractivity contribution in [2.45, 2.75) is 19.9 Å². The zero-order valence-electron chi connectivity index (χ0n) is 14.8. The van der Waals surface area contributed by atoms with Gasteiger partial charge in [0.1, 0.15) is 11.5 Å². The first kappa shape index (κ1) is 18.7. The SMILES string of the molecule is COc1ccc(OC)c(C(C)NC(=S)Nc2cccc(C(C)=O)c2)c1. The number of anilines is 1. The van der Waals surface area contributed by atoms with E-state index in [-0.39, 0.29) is 11.8 Å². The zero-order chi connectivity index (χ0) is 18.4. The van der Waals surface area contributed by atoms with Gasteiger partial charge >= 0.3 is 0 Å². The lowest BCUT2D eigenvalue weighted by Crippen LogP contribution is -2.31. The maximum absolute atomic E-state index is 11.5. The van der Waals surface area contributed by atoms with E-state index in [9.17, 15) is 4.79 Å². The van der Waals surface area contributed by atoms with Crippen LogP contribution < -0.4 is 20.1 Å². The van der Waals surface area contributed by atoms with Gasteiger partial charge in [-0.3, -0.25) is 4.79 Å². The van der Waals surface area contributed by atoms with E-state index in [1.807, 2.05) is 37.3 Å². The number of thiocarbonyl (C=S) groups is 1. The number of hydrogen-bond donors (Lipinski definition) is 2. The summed E-state index contributed by atoms with van der Waals surface area (Å²) in [5.41, 5.74) is 2.33. The highest BCUT2D eigenvalue weighted by Gasteiger charge is 2.14. The third-order valence-electron chi connectivity index (χ3n) is 3.78. The number of rotatable bonds is 6. The number of nitrogens with one attached hydrogen (secondary N) is 2. The standard InChI is InChI=1S/C19H22N2O3S/c1-12(17-11-16(23-3)8-9-18(17)24-4)20-19(25)21-15-7-5-6-14(10-15)13(2)22/h5-12H,1-4H3,(H2,20,21,25). The van der Waals surface area contributed by atoms with Crippen molar-refractivity contribution in [2.75, 3.05) is 19.5 Å². The first-order valence-corrected chi connectivity index (χ1v) is 8.26. The van der Waals surface area contributed by atoms with Gasteiger partial charge in [0.05, 0.1) is 20.3 Å². The van der Waals surface area contributed by atoms with Crippen LogP contribution in [0.2, 0.25) is 0 Å². The Hall–Kier alpha value is -2.60. The monoisotopic (exact) mass is 358 g/mol. The summed E-state index contributed by atoms with van der Waals surface area (Å²) in [6, 6.07) is 12.7. The van der Waals surface area contributed by atoms with Crippen LogP contribution in [0.5, 0.6) is 11.5 Å². The predicted molar refractivity (Wildman–Crippen MR) is 104 cm³/mol. The third-order valence-corrected chi connectivity index (χ3v) is 4.00. The van der Waals surface area contributed by atoms with Crippen LogP contribution in [0.15, 0.2) is 42.5 Å². The molecule has 0 bridgehead atoms. The van der Waals surface area contributed by atoms with Crippen LogP contribution in [-0.4, -0.2) is 25.1 Å². The van der Waals surface area contributed by atoms with Gasteiger partial charge in [0.2, 0.25) is 0 Å². The van der Waals surface area contributed by atoms with Gasteiger partial charge in [-0.1, -0.05) is 12.1 Å². The molecule has 0 aromatic heterocycles. The van der Waals surface area contributed by atoms with Crippen molar-refractivity contribution in [3.63, 3.8) is 0 Å². The van der Waals surface area contributed by atoms with Crippen LogP contribution in [0.4, 0.5) is 5.69 Å². The van der Waals surface area contributed by atoms with Gasteiger partial charge in [-0.25, -0.2) is 0 Å². The van der Waals surface area contributed by atoms with Crippen LogP contribution in [0.3, 0.4) is 0 Å². The van der Waals surface area contributed by atoms with Gasteiger partial charge in [-0.15, -0.1) is 0 Å². The molecule has 0 aliphatic carbocycles. The second-order valence-corrected chi connectivity index (χ2v) is 5.97. The van der Waals surface area contributed by atoms with E-state index < -0.39 is 0 Å². The molecule has 0 radical (unpaired) electrons. The molecule has 2 N–H and O–H groups in total. The molecule has 0 saturated heterocycles. The summed E-state index contributed by atoms with van der Waals surface area (Å²) >= 11 is 5.38. The molecular formula is C19H22N2O3S. The summed E-state index contributed by atoms with van der Waals surface area (Å²) in [7, 11) is 3.25. The Balaban J connectivity index is 2.10. The number of carbonyl (C=O) groups excluding carboxylic acids is 1. The Morgan fingerprint density at radius 1 is 1.12 bits per heavy atom. The average molecular weight is 358 g/mol. The van der Waals surface area contributed by atoms with Crippen molar-refractivity contribution in [3.8, 4) is 11.5 Å². The van der Waals surface area contributed by atoms with Gasteiger partial charge in [-0.2, -0.15) is 0 Å². The molecule has 2 rings (SSSR count). The second-order valence-electron chi connectivity index (χ2n) is 5.57. The molecular weight excluding hydrogens is 336 g/mol. The maximum Gasteiger partial charge on any atom is 0.171 e. The van der Waals surface area contributed by atoms with E-state index >= 15 is 0 Å². The first-order chi connectivity index (χ1) is 11.9. The highest BCUT2D eigenvalue weighted by molar-refractivity contribution is 7.80. The minimum Gasteiger partial charge on any atom is -0.497 e. The number of Topliss-reactive ketones (excluding diaryl/α,β-unsaturated/α-hetero) is 1. The Morgan fingerprint density at radius 3 is 2.52 bits per heavy atom. The molecule has 0 aliphatic heterocycles. The van der Waals surface area contributed by atoms with Crippen molar-refractivity contribution in [2.24, 2.45) is 0 Å². The number of benzene rings is 2. The fourth-order valence-electron chi connectivity index (χ4n) is 2.44. The van der Waals surface area contributed by atoms with E-state index in [1.165, 1.54) is 6.92 Å². The van der Waals surface area contributed by atoms with Crippen LogP contribution in [-0.2, 0) is 0 Å². The summed E-state index contributed by atoms with van der Waals surface area (Å²) in [4.78, 5) is 11.5. The minimum absolute atomic E-state index is 0.0111. The van der Waals surface area contributed by atoms with Crippen LogP contribution in [0.1, 0.15) is 35.8 Å². The second kappa shape index (κ2) is 8.48. The van der Waals surface area contributed by atoms with Crippen molar-refractivity contribution >= 4 is 28.8 Å². The number of ether oxygens (including phenoxy) is 2. The zero-order valence-corrected chi connectivity index (χ0v) is 15.6. The lowest BCUT2D eigenvalue weighted by molar-refractivity contribution is 0.101. The van der Waals surface area contributed by atoms with Gasteiger partial charge in [0.25, 0.3) is 0 Å². The molecule has 0 heterocycles. The molecule has 1 atom stereocenters. The smallest absolute Gasteiger partial charge is 0.171 e. The number of carbonyl (C=O) groups is 1. The predicted octanol–water partition coefficient (Wildman–Crippen LogP) is 3.95. The number of ketones is 1.